The van der Waals surface area contributed by atoms with E-state index in [2.05, 4.69) is 4.99 Å². The summed E-state index contributed by atoms with van der Waals surface area (Å²) in [5, 5.41) is 0.637. The molecule has 0 N–H and O–H groups in total. The van der Waals surface area contributed by atoms with E-state index in [-0.39, 0.29) is 27.4 Å². The topological polar surface area (TPSA) is 76.0 Å². The van der Waals surface area contributed by atoms with E-state index in [4.69, 9.17) is 16.3 Å². The highest BCUT2D eigenvalue weighted by molar-refractivity contribution is 8.14. The first kappa shape index (κ1) is 21.7. The van der Waals surface area contributed by atoms with Crippen LogP contribution in [0.15, 0.2) is 52.4 Å². The van der Waals surface area contributed by atoms with Crippen LogP contribution in [0, 0.1) is 0 Å². The van der Waals surface area contributed by atoms with Gasteiger partial charge < -0.3 is 4.74 Å². The Hall–Kier alpha value is -2.03. The van der Waals surface area contributed by atoms with E-state index in [0.29, 0.717) is 29.0 Å². The SMILES string of the molecule is CCOc1ccccc1N=C1SCC(C)N1C(=O)c1ccc(Cl)c(S(C)(=O)=O)c1. The molecule has 1 saturated heterocycles. The first-order valence-electron chi connectivity index (χ1n) is 8.99. The Kier molecular flexibility index (Phi) is 6.55. The lowest BCUT2D eigenvalue weighted by Gasteiger charge is -2.21. The van der Waals surface area contributed by atoms with E-state index >= 15 is 0 Å². The summed E-state index contributed by atoms with van der Waals surface area (Å²) in [6, 6.07) is 11.6. The van der Waals surface area contributed by atoms with Crippen molar-refractivity contribution in [1.82, 2.24) is 4.90 Å². The standard InChI is InChI=1S/C20H21ClN2O4S2/c1-4-27-17-8-6-5-7-16(17)22-20-23(13(2)12-28-20)19(24)14-9-10-15(21)18(11-14)29(3,25)26/h5-11,13H,4,12H2,1-3H3. The number of thioether (sulfide) groups is 1. The van der Waals surface area contributed by atoms with Crippen molar-refractivity contribution in [3.05, 3.63) is 53.1 Å². The van der Waals surface area contributed by atoms with Crippen LogP contribution < -0.4 is 4.74 Å². The average Bonchev–Trinajstić information content (AvgIpc) is 3.02. The minimum atomic E-state index is -3.56. The maximum absolute atomic E-state index is 13.2. The van der Waals surface area contributed by atoms with Gasteiger partial charge in [-0.05, 0) is 44.2 Å². The summed E-state index contributed by atoms with van der Waals surface area (Å²) >= 11 is 7.48. The van der Waals surface area contributed by atoms with Gasteiger partial charge >= 0.3 is 0 Å². The van der Waals surface area contributed by atoms with Crippen molar-refractivity contribution in [2.75, 3.05) is 18.6 Å². The molecular formula is C20H21ClN2O4S2. The van der Waals surface area contributed by atoms with Crippen LogP contribution in [0.1, 0.15) is 24.2 Å². The Balaban J connectivity index is 2.00. The fourth-order valence-electron chi connectivity index (χ4n) is 2.89. The fourth-order valence-corrected chi connectivity index (χ4v) is 5.30. The van der Waals surface area contributed by atoms with Crippen molar-refractivity contribution < 1.29 is 17.9 Å². The van der Waals surface area contributed by atoms with Gasteiger partial charge in [0, 0.05) is 23.6 Å². The molecule has 0 radical (unpaired) electrons. The molecule has 6 nitrogen and oxygen atoms in total. The van der Waals surface area contributed by atoms with Crippen LogP contribution >= 0.6 is 23.4 Å². The molecule has 1 aliphatic heterocycles. The zero-order chi connectivity index (χ0) is 21.2. The summed E-state index contributed by atoms with van der Waals surface area (Å²) in [6.45, 7) is 4.33. The molecule has 1 unspecified atom stereocenters. The number of halogens is 1. The third-order valence-corrected chi connectivity index (χ3v) is 7.05. The van der Waals surface area contributed by atoms with Gasteiger partial charge in [0.1, 0.15) is 11.4 Å². The van der Waals surface area contributed by atoms with Gasteiger partial charge in [0.2, 0.25) is 0 Å². The molecule has 1 heterocycles. The molecule has 1 atom stereocenters. The number of hydrogen-bond acceptors (Lipinski definition) is 6. The Bertz CT molecular complexity index is 1070. The Morgan fingerprint density at radius 3 is 2.72 bits per heavy atom. The van der Waals surface area contributed by atoms with Crippen LogP contribution in [0.2, 0.25) is 5.02 Å². The number of carbonyl (C=O) groups excluding carboxylic acids is 1. The van der Waals surface area contributed by atoms with Crippen molar-refractivity contribution in [3.8, 4) is 5.75 Å². The highest BCUT2D eigenvalue weighted by Crippen LogP contribution is 2.33. The molecule has 0 aliphatic carbocycles. The highest BCUT2D eigenvalue weighted by Gasteiger charge is 2.33. The third-order valence-electron chi connectivity index (χ3n) is 4.28. The van der Waals surface area contributed by atoms with Crippen molar-refractivity contribution in [2.24, 2.45) is 4.99 Å². The Morgan fingerprint density at radius 1 is 1.31 bits per heavy atom. The summed E-state index contributed by atoms with van der Waals surface area (Å²) in [5.74, 6) is 1.01. The molecule has 3 rings (SSSR count). The maximum atomic E-state index is 13.2. The minimum Gasteiger partial charge on any atom is -0.492 e. The molecule has 1 amide bonds. The Labute approximate surface area is 179 Å². The van der Waals surface area contributed by atoms with Crippen LogP contribution in [0.5, 0.6) is 5.75 Å². The molecule has 29 heavy (non-hydrogen) atoms. The number of hydrogen-bond donors (Lipinski definition) is 0. The van der Waals surface area contributed by atoms with Gasteiger partial charge in [-0.3, -0.25) is 9.69 Å². The highest BCUT2D eigenvalue weighted by atomic mass is 35.5. The first-order chi connectivity index (χ1) is 13.7. The summed E-state index contributed by atoms with van der Waals surface area (Å²) in [4.78, 5) is 19.4. The number of amidine groups is 1. The lowest BCUT2D eigenvalue weighted by molar-refractivity contribution is 0.0828. The second kappa shape index (κ2) is 8.77. The second-order valence-corrected chi connectivity index (χ2v) is 9.93. The number of aliphatic imine (C=N–C) groups is 1. The van der Waals surface area contributed by atoms with Crippen LogP contribution in [0.4, 0.5) is 5.69 Å². The predicted molar refractivity (Wildman–Crippen MR) is 117 cm³/mol. The number of sulfone groups is 1. The van der Waals surface area contributed by atoms with Crippen LogP contribution in [0.3, 0.4) is 0 Å². The largest absolute Gasteiger partial charge is 0.492 e. The molecule has 2 aromatic rings. The van der Waals surface area contributed by atoms with E-state index in [1.165, 1.54) is 30.0 Å². The van der Waals surface area contributed by atoms with Gasteiger partial charge in [-0.15, -0.1) is 0 Å². The first-order valence-corrected chi connectivity index (χ1v) is 12.2. The van der Waals surface area contributed by atoms with Crippen LogP contribution in [-0.2, 0) is 9.84 Å². The van der Waals surface area contributed by atoms with Crippen molar-refractivity contribution in [1.29, 1.82) is 0 Å². The molecule has 2 aromatic carbocycles. The monoisotopic (exact) mass is 452 g/mol. The van der Waals surface area contributed by atoms with E-state index in [9.17, 15) is 13.2 Å². The third kappa shape index (κ3) is 4.76. The molecule has 1 aliphatic rings. The number of carbonyl (C=O) groups is 1. The predicted octanol–water partition coefficient (Wildman–Crippen LogP) is 4.41. The van der Waals surface area contributed by atoms with Gasteiger partial charge in [-0.25, -0.2) is 13.4 Å². The summed E-state index contributed by atoms with van der Waals surface area (Å²) in [7, 11) is -3.56. The smallest absolute Gasteiger partial charge is 0.260 e. The molecule has 1 fully saturated rings. The van der Waals surface area contributed by atoms with Crippen LogP contribution in [-0.4, -0.2) is 49.0 Å². The van der Waals surface area contributed by atoms with Crippen molar-refractivity contribution in [3.63, 3.8) is 0 Å². The van der Waals surface area contributed by atoms with Gasteiger partial charge in [-0.2, -0.15) is 0 Å². The molecule has 0 bridgehead atoms. The van der Waals surface area contributed by atoms with Gasteiger partial charge in [-0.1, -0.05) is 35.5 Å². The number of benzene rings is 2. The number of amides is 1. The molecular weight excluding hydrogens is 432 g/mol. The zero-order valence-electron chi connectivity index (χ0n) is 16.3. The minimum absolute atomic E-state index is 0.0651. The molecule has 0 spiro atoms. The van der Waals surface area contributed by atoms with Gasteiger partial charge in [0.15, 0.2) is 15.0 Å². The number of nitrogens with zero attached hydrogens (tertiary/aromatic N) is 2. The van der Waals surface area contributed by atoms with E-state index in [0.717, 1.165) is 6.26 Å². The average molecular weight is 453 g/mol. The molecule has 0 aromatic heterocycles. The summed E-state index contributed by atoms with van der Waals surface area (Å²) in [5.41, 5.74) is 0.881. The lowest BCUT2D eigenvalue weighted by atomic mass is 10.2. The molecule has 0 saturated carbocycles. The van der Waals surface area contributed by atoms with Crippen molar-refractivity contribution in [2.45, 2.75) is 24.8 Å². The second-order valence-electron chi connectivity index (χ2n) is 6.55. The van der Waals surface area contributed by atoms with Crippen LogP contribution in [0.25, 0.3) is 0 Å². The van der Waals surface area contributed by atoms with Gasteiger partial charge in [0.05, 0.1) is 16.5 Å². The van der Waals surface area contributed by atoms with E-state index in [1.54, 1.807) is 4.90 Å². The van der Waals surface area contributed by atoms with Crippen molar-refractivity contribution >= 4 is 50.0 Å². The quantitative estimate of drug-likeness (QED) is 0.671. The molecule has 9 heteroatoms. The molecule has 154 valence electrons. The number of ether oxygens (including phenoxy) is 1. The number of rotatable bonds is 5. The Morgan fingerprint density at radius 2 is 2.03 bits per heavy atom. The summed E-state index contributed by atoms with van der Waals surface area (Å²) < 4.78 is 29.6. The number of para-hydroxylation sites is 2. The lowest BCUT2D eigenvalue weighted by Crippen LogP contribution is -2.37. The zero-order valence-corrected chi connectivity index (χ0v) is 18.6. The summed E-state index contributed by atoms with van der Waals surface area (Å²) in [6.07, 6.45) is 1.06. The normalized spacial score (nSPS) is 18.3. The van der Waals surface area contributed by atoms with E-state index < -0.39 is 9.84 Å². The van der Waals surface area contributed by atoms with E-state index in [1.807, 2.05) is 38.1 Å². The fraction of sp³-hybridized carbons (Fsp3) is 0.300. The van der Waals surface area contributed by atoms with Gasteiger partial charge in [0.25, 0.3) is 5.91 Å². The maximum Gasteiger partial charge on any atom is 0.260 e.